The Morgan fingerprint density at radius 1 is 1.27 bits per heavy atom. The first-order valence-corrected chi connectivity index (χ1v) is 8.15. The van der Waals surface area contributed by atoms with Crippen molar-refractivity contribution in [3.63, 3.8) is 0 Å². The maximum atomic E-state index is 12.3. The van der Waals surface area contributed by atoms with Gasteiger partial charge < -0.3 is 9.47 Å². The van der Waals surface area contributed by atoms with Gasteiger partial charge in [0.05, 0.1) is 5.69 Å². The summed E-state index contributed by atoms with van der Waals surface area (Å²) in [5.74, 6) is 0.592. The molecule has 2 heterocycles. The molecule has 4 heteroatoms. The van der Waals surface area contributed by atoms with Crippen molar-refractivity contribution in [1.82, 2.24) is 0 Å². The van der Waals surface area contributed by atoms with Gasteiger partial charge in [0.2, 0.25) is 0 Å². The molecule has 1 fully saturated rings. The highest BCUT2D eigenvalue weighted by molar-refractivity contribution is 5.90. The van der Waals surface area contributed by atoms with Crippen LogP contribution in [0.3, 0.4) is 0 Å². The lowest BCUT2D eigenvalue weighted by Gasteiger charge is -2.25. The van der Waals surface area contributed by atoms with E-state index in [-0.39, 0.29) is 6.09 Å². The van der Waals surface area contributed by atoms with Gasteiger partial charge in [-0.2, -0.15) is 0 Å². The molecule has 0 saturated carbocycles. The van der Waals surface area contributed by atoms with Gasteiger partial charge in [0.1, 0.15) is 5.60 Å². The van der Waals surface area contributed by atoms with Crippen molar-refractivity contribution in [1.29, 1.82) is 0 Å². The maximum Gasteiger partial charge on any atom is 0.414 e. The molecule has 120 valence electrons. The van der Waals surface area contributed by atoms with E-state index in [0.717, 1.165) is 38.2 Å². The Kier molecular flexibility index (Phi) is 4.13. The topological polar surface area (TPSA) is 38.8 Å². The Balaban J connectivity index is 1.76. The number of carbonyl (C=O) groups excluding carboxylic acids is 1. The van der Waals surface area contributed by atoms with Crippen molar-refractivity contribution in [2.24, 2.45) is 0 Å². The summed E-state index contributed by atoms with van der Waals surface area (Å²) in [7, 11) is 0. The molecule has 1 aromatic rings. The molecule has 0 N–H and O–H groups in total. The minimum Gasteiger partial charge on any atom is -0.443 e. The van der Waals surface area contributed by atoms with Gasteiger partial charge >= 0.3 is 6.09 Å². The molecule has 0 spiro atoms. The van der Waals surface area contributed by atoms with E-state index in [2.05, 4.69) is 18.2 Å². The fraction of sp³-hybridized carbons (Fsp3) is 0.611. The summed E-state index contributed by atoms with van der Waals surface area (Å²) in [6.07, 6.45) is 2.85. The number of carbonyl (C=O) groups is 1. The van der Waals surface area contributed by atoms with Crippen LogP contribution in [0.5, 0.6) is 0 Å². The molecule has 0 atom stereocenters. The number of amides is 1. The molecule has 0 unspecified atom stereocenters. The molecule has 2 aliphatic heterocycles. The van der Waals surface area contributed by atoms with Crippen molar-refractivity contribution in [3.8, 4) is 0 Å². The quantitative estimate of drug-likeness (QED) is 0.790. The number of nitrogens with zero attached hydrogens (tertiary/aromatic N) is 1. The number of hydrogen-bond acceptors (Lipinski definition) is 3. The van der Waals surface area contributed by atoms with Crippen LogP contribution in [0.25, 0.3) is 0 Å². The summed E-state index contributed by atoms with van der Waals surface area (Å²) < 4.78 is 10.9. The van der Waals surface area contributed by atoms with E-state index in [0.29, 0.717) is 12.5 Å². The summed E-state index contributed by atoms with van der Waals surface area (Å²) in [6, 6.07) is 6.52. The van der Waals surface area contributed by atoms with Crippen LogP contribution in [0.15, 0.2) is 18.2 Å². The van der Waals surface area contributed by atoms with E-state index in [1.165, 1.54) is 11.1 Å². The molecule has 2 aliphatic rings. The Bertz CT molecular complexity index is 556. The van der Waals surface area contributed by atoms with Crippen LogP contribution in [0.2, 0.25) is 0 Å². The highest BCUT2D eigenvalue weighted by atomic mass is 16.6. The van der Waals surface area contributed by atoms with Gasteiger partial charge in [-0.1, -0.05) is 12.1 Å². The summed E-state index contributed by atoms with van der Waals surface area (Å²) in [5.41, 5.74) is 3.19. The molecule has 3 rings (SSSR count). The van der Waals surface area contributed by atoms with Gasteiger partial charge in [0, 0.05) is 19.8 Å². The lowest BCUT2D eigenvalue weighted by molar-refractivity contribution is 0.0584. The van der Waals surface area contributed by atoms with Gasteiger partial charge in [-0.25, -0.2) is 4.79 Å². The van der Waals surface area contributed by atoms with Crippen molar-refractivity contribution in [2.75, 3.05) is 24.7 Å². The fourth-order valence-electron chi connectivity index (χ4n) is 3.21. The minimum atomic E-state index is -0.456. The first-order chi connectivity index (χ1) is 10.4. The Hall–Kier alpha value is -1.55. The van der Waals surface area contributed by atoms with Gasteiger partial charge in [-0.15, -0.1) is 0 Å². The molecular weight excluding hydrogens is 278 g/mol. The van der Waals surface area contributed by atoms with Crippen molar-refractivity contribution < 1.29 is 14.3 Å². The third kappa shape index (κ3) is 3.27. The third-order valence-corrected chi connectivity index (χ3v) is 4.31. The predicted molar refractivity (Wildman–Crippen MR) is 86.5 cm³/mol. The molecule has 1 amide bonds. The Morgan fingerprint density at radius 3 is 2.68 bits per heavy atom. The molecule has 4 nitrogen and oxygen atoms in total. The average Bonchev–Trinajstić information content (AvgIpc) is 2.89. The van der Waals surface area contributed by atoms with E-state index >= 15 is 0 Å². The second-order valence-corrected chi connectivity index (χ2v) is 7.16. The number of rotatable bonds is 1. The lowest BCUT2D eigenvalue weighted by atomic mass is 9.90. The van der Waals surface area contributed by atoms with Crippen LogP contribution in [0, 0.1) is 0 Å². The standard InChI is InChI=1S/C18H25NO3/c1-18(2,3)22-17(20)19-9-6-15-12-14(4-5-16(15)19)13-7-10-21-11-8-13/h4-5,12-13H,6-11H2,1-3H3. The van der Waals surface area contributed by atoms with Gasteiger partial charge in [0.25, 0.3) is 0 Å². The Labute approximate surface area is 132 Å². The highest BCUT2D eigenvalue weighted by Crippen LogP contribution is 2.34. The number of hydrogen-bond donors (Lipinski definition) is 0. The average molecular weight is 303 g/mol. The number of anilines is 1. The van der Waals surface area contributed by atoms with Crippen LogP contribution in [-0.2, 0) is 15.9 Å². The van der Waals surface area contributed by atoms with Crippen LogP contribution in [0.4, 0.5) is 10.5 Å². The second-order valence-electron chi connectivity index (χ2n) is 7.16. The van der Waals surface area contributed by atoms with Gasteiger partial charge in [-0.05, 0) is 63.1 Å². The van der Waals surface area contributed by atoms with E-state index in [1.54, 1.807) is 4.90 Å². The largest absolute Gasteiger partial charge is 0.443 e. The summed E-state index contributed by atoms with van der Waals surface area (Å²) in [6.45, 7) is 8.11. The van der Waals surface area contributed by atoms with Crippen LogP contribution < -0.4 is 4.90 Å². The van der Waals surface area contributed by atoms with Crippen LogP contribution >= 0.6 is 0 Å². The summed E-state index contributed by atoms with van der Waals surface area (Å²) >= 11 is 0. The predicted octanol–water partition coefficient (Wildman–Crippen LogP) is 3.88. The van der Waals surface area contributed by atoms with E-state index < -0.39 is 5.60 Å². The maximum absolute atomic E-state index is 12.3. The van der Waals surface area contributed by atoms with Crippen LogP contribution in [0.1, 0.15) is 50.7 Å². The fourth-order valence-corrected chi connectivity index (χ4v) is 3.21. The normalized spacial score (nSPS) is 19.1. The van der Waals surface area contributed by atoms with E-state index in [9.17, 15) is 4.79 Å². The first-order valence-electron chi connectivity index (χ1n) is 8.15. The molecule has 1 saturated heterocycles. The minimum absolute atomic E-state index is 0.245. The second kappa shape index (κ2) is 5.92. The van der Waals surface area contributed by atoms with Crippen molar-refractivity contribution in [2.45, 2.75) is 51.6 Å². The molecule has 0 aliphatic carbocycles. The number of benzene rings is 1. The van der Waals surface area contributed by atoms with Gasteiger partial charge in [0.15, 0.2) is 0 Å². The van der Waals surface area contributed by atoms with Gasteiger partial charge in [-0.3, -0.25) is 4.90 Å². The van der Waals surface area contributed by atoms with E-state index in [4.69, 9.17) is 9.47 Å². The van der Waals surface area contributed by atoms with E-state index in [1.807, 2.05) is 20.8 Å². The third-order valence-electron chi connectivity index (χ3n) is 4.31. The zero-order valence-corrected chi connectivity index (χ0v) is 13.7. The smallest absolute Gasteiger partial charge is 0.414 e. The highest BCUT2D eigenvalue weighted by Gasteiger charge is 2.29. The molecular formula is C18H25NO3. The molecule has 1 aromatic carbocycles. The zero-order valence-electron chi connectivity index (χ0n) is 13.7. The Morgan fingerprint density at radius 2 is 2.00 bits per heavy atom. The summed E-state index contributed by atoms with van der Waals surface area (Å²) in [4.78, 5) is 14.1. The number of ether oxygens (including phenoxy) is 2. The van der Waals surface area contributed by atoms with Crippen LogP contribution in [-0.4, -0.2) is 31.5 Å². The first kappa shape index (κ1) is 15.3. The van der Waals surface area contributed by atoms with Crippen molar-refractivity contribution >= 4 is 11.8 Å². The van der Waals surface area contributed by atoms with Crippen molar-refractivity contribution in [3.05, 3.63) is 29.3 Å². The molecule has 0 bridgehead atoms. The SMILES string of the molecule is CC(C)(C)OC(=O)N1CCc2cc(C3CCOCC3)ccc21. The zero-order chi connectivity index (χ0) is 15.7. The lowest BCUT2D eigenvalue weighted by Crippen LogP contribution is -2.35. The number of fused-ring (bicyclic) bond motifs is 1. The molecule has 22 heavy (non-hydrogen) atoms. The molecule has 0 aromatic heterocycles. The summed E-state index contributed by atoms with van der Waals surface area (Å²) in [5, 5.41) is 0. The monoisotopic (exact) mass is 303 g/mol. The molecule has 0 radical (unpaired) electrons.